The number of nitrogens with zero attached hydrogens (tertiary/aromatic N) is 5. The standard InChI is InChI=1S/C21H23N5O5/c1-6-31-16(27)11-24-19(28)17-18(23(4)21(24)29)22-20-25(12(2)13(3)26(17)20)14-8-7-9-15(10-14)30-5/h7-10H,6,11H2,1-5H3. The summed E-state index contributed by atoms with van der Waals surface area (Å²) in [6.07, 6.45) is 0. The van der Waals surface area contributed by atoms with Crippen molar-refractivity contribution >= 4 is 22.9 Å². The number of esters is 1. The van der Waals surface area contributed by atoms with Crippen molar-refractivity contribution in [2.24, 2.45) is 7.05 Å². The van der Waals surface area contributed by atoms with Crippen molar-refractivity contribution in [1.82, 2.24) is 23.1 Å². The first-order valence-corrected chi connectivity index (χ1v) is 9.80. The predicted octanol–water partition coefficient (Wildman–Crippen LogP) is 1.33. The number of aromatic nitrogens is 5. The number of hydrogen-bond acceptors (Lipinski definition) is 6. The number of methoxy groups -OCH3 is 1. The summed E-state index contributed by atoms with van der Waals surface area (Å²) in [5.74, 6) is 0.518. The average Bonchev–Trinajstić information content (AvgIpc) is 3.25. The van der Waals surface area contributed by atoms with E-state index >= 15 is 0 Å². The Morgan fingerprint density at radius 3 is 2.58 bits per heavy atom. The van der Waals surface area contributed by atoms with E-state index in [0.717, 1.165) is 21.6 Å². The van der Waals surface area contributed by atoms with Gasteiger partial charge in [0.05, 0.1) is 19.4 Å². The zero-order valence-corrected chi connectivity index (χ0v) is 18.0. The van der Waals surface area contributed by atoms with Gasteiger partial charge >= 0.3 is 11.7 Å². The van der Waals surface area contributed by atoms with Crippen molar-refractivity contribution in [3.8, 4) is 11.4 Å². The number of carbonyl (C=O) groups excluding carboxylic acids is 1. The van der Waals surface area contributed by atoms with Gasteiger partial charge in [0.25, 0.3) is 5.56 Å². The topological polar surface area (TPSA) is 102 Å². The Labute approximate surface area is 176 Å². The van der Waals surface area contributed by atoms with Crippen LogP contribution in [0.4, 0.5) is 0 Å². The van der Waals surface area contributed by atoms with Gasteiger partial charge in [-0.2, -0.15) is 4.98 Å². The van der Waals surface area contributed by atoms with E-state index in [2.05, 4.69) is 4.98 Å². The Hall–Kier alpha value is -3.82. The van der Waals surface area contributed by atoms with Gasteiger partial charge in [0, 0.05) is 24.5 Å². The van der Waals surface area contributed by atoms with Gasteiger partial charge in [0.15, 0.2) is 11.2 Å². The van der Waals surface area contributed by atoms with Crippen molar-refractivity contribution in [2.45, 2.75) is 27.3 Å². The van der Waals surface area contributed by atoms with Crippen LogP contribution >= 0.6 is 0 Å². The van der Waals surface area contributed by atoms with Crippen molar-refractivity contribution in [1.29, 1.82) is 0 Å². The molecule has 0 aliphatic carbocycles. The van der Waals surface area contributed by atoms with Crippen LogP contribution in [-0.2, 0) is 23.1 Å². The second-order valence-electron chi connectivity index (χ2n) is 7.17. The molecule has 0 saturated heterocycles. The molecule has 1 aromatic carbocycles. The van der Waals surface area contributed by atoms with Gasteiger partial charge in [-0.3, -0.25) is 23.1 Å². The third-order valence-electron chi connectivity index (χ3n) is 5.42. The summed E-state index contributed by atoms with van der Waals surface area (Å²) in [4.78, 5) is 42.6. The van der Waals surface area contributed by atoms with Crippen LogP contribution in [0.25, 0.3) is 22.6 Å². The van der Waals surface area contributed by atoms with Crippen LogP contribution in [0.1, 0.15) is 18.3 Å². The molecule has 4 aromatic rings. The van der Waals surface area contributed by atoms with Gasteiger partial charge in [-0.15, -0.1) is 0 Å². The minimum absolute atomic E-state index is 0.161. The predicted molar refractivity (Wildman–Crippen MR) is 114 cm³/mol. The average molecular weight is 425 g/mol. The Kier molecular flexibility index (Phi) is 4.92. The molecule has 162 valence electrons. The monoisotopic (exact) mass is 425 g/mol. The highest BCUT2D eigenvalue weighted by molar-refractivity contribution is 5.78. The fourth-order valence-electron chi connectivity index (χ4n) is 3.78. The van der Waals surface area contributed by atoms with Crippen LogP contribution in [0.2, 0.25) is 0 Å². The summed E-state index contributed by atoms with van der Waals surface area (Å²) in [7, 11) is 3.12. The van der Waals surface area contributed by atoms with Crippen LogP contribution < -0.4 is 16.0 Å². The van der Waals surface area contributed by atoms with Gasteiger partial charge in [-0.05, 0) is 32.9 Å². The summed E-state index contributed by atoms with van der Waals surface area (Å²) in [6.45, 7) is 5.16. The number of aryl methyl sites for hydroxylation is 2. The molecule has 0 atom stereocenters. The van der Waals surface area contributed by atoms with E-state index in [1.807, 2.05) is 42.7 Å². The first kappa shape index (κ1) is 20.5. The molecular formula is C21H23N5O5. The highest BCUT2D eigenvalue weighted by Crippen LogP contribution is 2.26. The van der Waals surface area contributed by atoms with Crippen LogP contribution in [0, 0.1) is 13.8 Å². The fraction of sp³-hybridized carbons (Fsp3) is 0.333. The van der Waals surface area contributed by atoms with Crippen LogP contribution in [-0.4, -0.2) is 42.8 Å². The SMILES string of the molecule is CCOC(=O)Cn1c(=O)c2c(nc3n(-c4cccc(OC)c4)c(C)c(C)n23)n(C)c1=O. The second kappa shape index (κ2) is 7.46. The molecule has 3 heterocycles. The largest absolute Gasteiger partial charge is 0.497 e. The number of fused-ring (bicyclic) bond motifs is 3. The van der Waals surface area contributed by atoms with E-state index in [4.69, 9.17) is 9.47 Å². The molecule has 10 heteroatoms. The molecule has 0 spiro atoms. The zero-order valence-electron chi connectivity index (χ0n) is 18.0. The lowest BCUT2D eigenvalue weighted by molar-refractivity contribution is -0.143. The van der Waals surface area contributed by atoms with E-state index in [0.29, 0.717) is 11.5 Å². The summed E-state index contributed by atoms with van der Waals surface area (Å²) in [6, 6.07) is 7.48. The molecule has 0 N–H and O–H groups in total. The Morgan fingerprint density at radius 1 is 1.16 bits per heavy atom. The third kappa shape index (κ3) is 3.02. The van der Waals surface area contributed by atoms with Crippen molar-refractivity contribution < 1.29 is 14.3 Å². The van der Waals surface area contributed by atoms with E-state index in [1.54, 1.807) is 18.4 Å². The van der Waals surface area contributed by atoms with Crippen molar-refractivity contribution in [3.63, 3.8) is 0 Å². The Morgan fingerprint density at radius 2 is 1.90 bits per heavy atom. The van der Waals surface area contributed by atoms with Crippen LogP contribution in [0.3, 0.4) is 0 Å². The highest BCUT2D eigenvalue weighted by Gasteiger charge is 2.24. The molecule has 0 saturated carbocycles. The smallest absolute Gasteiger partial charge is 0.333 e. The number of hydrogen-bond donors (Lipinski definition) is 0. The van der Waals surface area contributed by atoms with Crippen molar-refractivity contribution in [2.75, 3.05) is 13.7 Å². The maximum atomic E-state index is 13.3. The molecule has 0 aliphatic heterocycles. The summed E-state index contributed by atoms with van der Waals surface area (Å²) in [5.41, 5.74) is 1.72. The molecule has 31 heavy (non-hydrogen) atoms. The van der Waals surface area contributed by atoms with Gasteiger partial charge in [-0.1, -0.05) is 6.07 Å². The quantitative estimate of drug-likeness (QED) is 0.447. The minimum atomic E-state index is -0.649. The Bertz CT molecular complexity index is 1450. The van der Waals surface area contributed by atoms with Gasteiger partial charge < -0.3 is 9.47 Å². The summed E-state index contributed by atoms with van der Waals surface area (Å²) >= 11 is 0. The van der Waals surface area contributed by atoms with E-state index in [-0.39, 0.29) is 17.8 Å². The maximum absolute atomic E-state index is 13.3. The number of carbonyl (C=O) groups is 1. The van der Waals surface area contributed by atoms with Gasteiger partial charge in [0.1, 0.15) is 12.3 Å². The van der Waals surface area contributed by atoms with Crippen LogP contribution in [0.15, 0.2) is 33.9 Å². The molecule has 0 bridgehead atoms. The lowest BCUT2D eigenvalue weighted by Crippen LogP contribution is -2.41. The molecule has 0 amide bonds. The number of rotatable bonds is 5. The molecule has 0 aliphatic rings. The normalized spacial score (nSPS) is 11.4. The Balaban J connectivity index is 2.07. The second-order valence-corrected chi connectivity index (χ2v) is 7.17. The van der Waals surface area contributed by atoms with E-state index in [9.17, 15) is 14.4 Å². The zero-order chi connectivity index (χ0) is 22.4. The fourth-order valence-corrected chi connectivity index (χ4v) is 3.78. The molecule has 0 fully saturated rings. The minimum Gasteiger partial charge on any atom is -0.497 e. The number of imidazole rings is 2. The number of ether oxygens (including phenoxy) is 2. The van der Waals surface area contributed by atoms with Crippen molar-refractivity contribution in [3.05, 3.63) is 56.5 Å². The molecular weight excluding hydrogens is 402 g/mol. The lowest BCUT2D eigenvalue weighted by Gasteiger charge is -2.09. The molecule has 10 nitrogen and oxygen atoms in total. The molecule has 0 radical (unpaired) electrons. The lowest BCUT2D eigenvalue weighted by atomic mass is 10.3. The van der Waals surface area contributed by atoms with Crippen LogP contribution in [0.5, 0.6) is 5.75 Å². The summed E-state index contributed by atoms with van der Waals surface area (Å²) < 4.78 is 16.0. The first-order chi connectivity index (χ1) is 14.8. The maximum Gasteiger partial charge on any atom is 0.333 e. The van der Waals surface area contributed by atoms with E-state index < -0.39 is 23.8 Å². The molecule has 3 aromatic heterocycles. The van der Waals surface area contributed by atoms with Gasteiger partial charge in [-0.25, -0.2) is 9.36 Å². The molecule has 0 unspecified atom stereocenters. The summed E-state index contributed by atoms with van der Waals surface area (Å²) in [5, 5.41) is 0. The van der Waals surface area contributed by atoms with E-state index in [1.165, 1.54) is 11.6 Å². The highest BCUT2D eigenvalue weighted by atomic mass is 16.5. The molecule has 4 rings (SSSR count). The number of benzene rings is 1. The third-order valence-corrected chi connectivity index (χ3v) is 5.42. The first-order valence-electron chi connectivity index (χ1n) is 9.80. The van der Waals surface area contributed by atoms with Gasteiger partial charge in [0.2, 0.25) is 5.78 Å².